The molecule has 0 bridgehead atoms. The first kappa shape index (κ1) is 30.2. The molecule has 1 atom stereocenters. The van der Waals surface area contributed by atoms with Gasteiger partial charge in [0.2, 0.25) is 21.8 Å². The minimum atomic E-state index is -3.93. The van der Waals surface area contributed by atoms with Gasteiger partial charge in [0.15, 0.2) is 0 Å². The Morgan fingerprint density at radius 1 is 1.08 bits per heavy atom. The monoisotopic (exact) mass is 553 g/mol. The van der Waals surface area contributed by atoms with Crippen LogP contribution in [0.5, 0.6) is 11.5 Å². The quantitative estimate of drug-likeness (QED) is 0.405. The molecule has 0 aliphatic heterocycles. The summed E-state index contributed by atoms with van der Waals surface area (Å²) in [5.41, 5.74) is 0.860. The van der Waals surface area contributed by atoms with Crippen LogP contribution in [0.15, 0.2) is 42.5 Å². The van der Waals surface area contributed by atoms with Crippen LogP contribution in [-0.2, 0) is 26.2 Å². The summed E-state index contributed by atoms with van der Waals surface area (Å²) in [6.07, 6.45) is 1.33. The molecule has 2 aromatic carbocycles. The molecule has 0 radical (unpaired) electrons. The van der Waals surface area contributed by atoms with Crippen molar-refractivity contribution in [3.8, 4) is 11.5 Å². The van der Waals surface area contributed by atoms with Gasteiger partial charge in [-0.25, -0.2) is 8.42 Å². The fourth-order valence-electron chi connectivity index (χ4n) is 3.76. The molecule has 0 saturated carbocycles. The predicted molar refractivity (Wildman–Crippen MR) is 146 cm³/mol. The number of carbonyl (C=O) groups is 2. The third kappa shape index (κ3) is 8.53. The van der Waals surface area contributed by atoms with Gasteiger partial charge in [-0.3, -0.25) is 13.9 Å². The SMILES string of the molecule is CC[C@H](C(=O)NCC(C)C)N(Cc1cccc(OC)c1)C(=O)CN(c1cc(Cl)ccc1OC)S(C)(=O)=O. The van der Waals surface area contributed by atoms with E-state index in [4.69, 9.17) is 21.1 Å². The van der Waals surface area contributed by atoms with Gasteiger partial charge in [0.05, 0.1) is 26.2 Å². The number of benzene rings is 2. The van der Waals surface area contributed by atoms with Crippen LogP contribution in [0.25, 0.3) is 0 Å². The fraction of sp³-hybridized carbons (Fsp3) is 0.462. The van der Waals surface area contributed by atoms with Crippen molar-refractivity contribution in [2.24, 2.45) is 5.92 Å². The second kappa shape index (κ2) is 13.5. The van der Waals surface area contributed by atoms with Gasteiger partial charge in [0, 0.05) is 18.1 Å². The van der Waals surface area contributed by atoms with E-state index in [9.17, 15) is 18.0 Å². The highest BCUT2D eigenvalue weighted by atomic mass is 35.5. The molecule has 2 rings (SSSR count). The summed E-state index contributed by atoms with van der Waals surface area (Å²) in [6, 6.07) is 10.8. The van der Waals surface area contributed by atoms with Gasteiger partial charge < -0.3 is 19.7 Å². The minimum absolute atomic E-state index is 0.0773. The Bertz CT molecular complexity index is 1190. The number of hydrogen-bond donors (Lipinski definition) is 1. The number of sulfonamides is 1. The Morgan fingerprint density at radius 2 is 1.78 bits per heavy atom. The highest BCUT2D eigenvalue weighted by molar-refractivity contribution is 7.92. The summed E-state index contributed by atoms with van der Waals surface area (Å²) in [5.74, 6) is 0.202. The Kier molecular flexibility index (Phi) is 11.1. The number of hydrogen-bond acceptors (Lipinski definition) is 6. The lowest BCUT2D eigenvalue weighted by Crippen LogP contribution is -2.52. The number of halogens is 1. The molecule has 1 N–H and O–H groups in total. The van der Waals surface area contributed by atoms with Crippen LogP contribution < -0.4 is 19.1 Å². The zero-order valence-corrected chi connectivity index (χ0v) is 23.7. The predicted octanol–water partition coefficient (Wildman–Crippen LogP) is 3.70. The lowest BCUT2D eigenvalue weighted by Gasteiger charge is -2.33. The molecule has 0 aromatic heterocycles. The summed E-state index contributed by atoms with van der Waals surface area (Å²) in [4.78, 5) is 28.3. The second-order valence-corrected chi connectivity index (χ2v) is 11.4. The number of carbonyl (C=O) groups excluding carboxylic acids is 2. The molecule has 0 heterocycles. The van der Waals surface area contributed by atoms with Crippen molar-refractivity contribution in [1.82, 2.24) is 10.2 Å². The van der Waals surface area contributed by atoms with Gasteiger partial charge in [-0.2, -0.15) is 0 Å². The zero-order valence-electron chi connectivity index (χ0n) is 22.2. The third-order valence-corrected chi connectivity index (χ3v) is 7.01. The maximum atomic E-state index is 13.8. The van der Waals surface area contributed by atoms with E-state index in [1.165, 1.54) is 24.1 Å². The van der Waals surface area contributed by atoms with E-state index in [1.807, 2.05) is 19.9 Å². The summed E-state index contributed by atoms with van der Waals surface area (Å²) in [7, 11) is -0.988. The van der Waals surface area contributed by atoms with E-state index in [2.05, 4.69) is 5.32 Å². The molecular weight excluding hydrogens is 518 g/mol. The van der Waals surface area contributed by atoms with E-state index >= 15 is 0 Å². The summed E-state index contributed by atoms with van der Waals surface area (Å²) in [5, 5.41) is 3.17. The van der Waals surface area contributed by atoms with Crippen molar-refractivity contribution in [3.63, 3.8) is 0 Å². The molecule has 0 spiro atoms. The van der Waals surface area contributed by atoms with E-state index in [0.29, 0.717) is 18.7 Å². The maximum absolute atomic E-state index is 13.8. The van der Waals surface area contributed by atoms with E-state index in [-0.39, 0.29) is 34.8 Å². The average molecular weight is 554 g/mol. The van der Waals surface area contributed by atoms with Crippen LogP contribution >= 0.6 is 11.6 Å². The Labute approximate surface area is 224 Å². The zero-order chi connectivity index (χ0) is 27.8. The summed E-state index contributed by atoms with van der Waals surface area (Å²) >= 11 is 6.14. The standard InChI is InChI=1S/C26H36ClN3O6S/c1-7-22(26(32)28-15-18(2)3)29(16-19-9-8-10-21(13-19)35-4)25(31)17-30(37(6,33)34)23-14-20(27)11-12-24(23)36-5/h8-14,18,22H,7,15-17H2,1-6H3,(H,28,32)/t22-/m1/s1. The molecule has 11 heteroatoms. The van der Waals surface area contributed by atoms with Gasteiger partial charge in [0.25, 0.3) is 0 Å². The van der Waals surface area contributed by atoms with Crippen molar-refractivity contribution in [1.29, 1.82) is 0 Å². The molecule has 37 heavy (non-hydrogen) atoms. The van der Waals surface area contributed by atoms with Gasteiger partial charge in [0.1, 0.15) is 24.1 Å². The average Bonchev–Trinajstić information content (AvgIpc) is 2.85. The lowest BCUT2D eigenvalue weighted by molar-refractivity contribution is -0.140. The maximum Gasteiger partial charge on any atom is 0.244 e. The smallest absolute Gasteiger partial charge is 0.244 e. The van der Waals surface area contributed by atoms with Crippen molar-refractivity contribution < 1.29 is 27.5 Å². The molecule has 2 amide bonds. The largest absolute Gasteiger partial charge is 0.497 e. The Morgan fingerprint density at radius 3 is 2.35 bits per heavy atom. The number of rotatable bonds is 13. The molecule has 0 aliphatic rings. The van der Waals surface area contributed by atoms with Crippen molar-refractivity contribution in [3.05, 3.63) is 53.1 Å². The topological polar surface area (TPSA) is 105 Å². The molecule has 204 valence electrons. The molecule has 9 nitrogen and oxygen atoms in total. The van der Waals surface area contributed by atoms with Crippen molar-refractivity contribution in [2.75, 3.05) is 37.9 Å². The van der Waals surface area contributed by atoms with Gasteiger partial charge in [-0.1, -0.05) is 44.5 Å². The minimum Gasteiger partial charge on any atom is -0.497 e. The first-order valence-corrected chi connectivity index (χ1v) is 14.1. The Hall–Kier alpha value is -2.98. The molecular formula is C26H36ClN3O6S. The fourth-order valence-corrected chi connectivity index (χ4v) is 4.77. The first-order valence-electron chi connectivity index (χ1n) is 11.9. The summed E-state index contributed by atoms with van der Waals surface area (Å²) < 4.78 is 37.2. The third-order valence-electron chi connectivity index (χ3n) is 5.65. The number of nitrogens with zero attached hydrogens (tertiary/aromatic N) is 2. The number of nitrogens with one attached hydrogen (secondary N) is 1. The normalized spacial score (nSPS) is 12.1. The Balaban J connectivity index is 2.51. The molecule has 0 unspecified atom stereocenters. The van der Waals surface area contributed by atoms with Crippen molar-refractivity contribution >= 4 is 39.1 Å². The van der Waals surface area contributed by atoms with Crippen LogP contribution in [0.3, 0.4) is 0 Å². The molecule has 0 fully saturated rings. The van der Waals surface area contributed by atoms with Crippen LogP contribution in [0.2, 0.25) is 5.02 Å². The van der Waals surface area contributed by atoms with Crippen LogP contribution in [0.1, 0.15) is 32.8 Å². The number of methoxy groups -OCH3 is 2. The number of amides is 2. The van der Waals surface area contributed by atoms with E-state index in [1.54, 1.807) is 38.3 Å². The first-order chi connectivity index (χ1) is 17.4. The van der Waals surface area contributed by atoms with Gasteiger partial charge >= 0.3 is 0 Å². The van der Waals surface area contributed by atoms with Crippen LogP contribution in [0.4, 0.5) is 5.69 Å². The molecule has 0 saturated heterocycles. The van der Waals surface area contributed by atoms with Crippen LogP contribution in [-0.4, -0.2) is 64.7 Å². The summed E-state index contributed by atoms with van der Waals surface area (Å²) in [6.45, 7) is 5.73. The van der Waals surface area contributed by atoms with E-state index < -0.39 is 28.5 Å². The number of ether oxygens (including phenoxy) is 2. The lowest BCUT2D eigenvalue weighted by atomic mass is 10.1. The second-order valence-electron chi connectivity index (χ2n) is 9.02. The number of anilines is 1. The van der Waals surface area contributed by atoms with Gasteiger partial charge in [-0.15, -0.1) is 0 Å². The highest BCUT2D eigenvalue weighted by Gasteiger charge is 2.32. The van der Waals surface area contributed by atoms with Gasteiger partial charge in [-0.05, 0) is 48.2 Å². The molecule has 0 aliphatic carbocycles. The van der Waals surface area contributed by atoms with Crippen LogP contribution in [0, 0.1) is 5.92 Å². The van der Waals surface area contributed by atoms with Crippen molar-refractivity contribution in [2.45, 2.75) is 39.8 Å². The highest BCUT2D eigenvalue weighted by Crippen LogP contribution is 2.33. The molecule has 2 aromatic rings. The van der Waals surface area contributed by atoms with E-state index in [0.717, 1.165) is 16.1 Å².